The smallest absolute Gasteiger partial charge is 0.578 e. The number of benzene rings is 2. The maximum absolute atomic E-state index is 12.9. The quantitative estimate of drug-likeness (QED) is 0.473. The summed E-state index contributed by atoms with van der Waals surface area (Å²) in [5.74, 6) is -3.01. The first-order valence-electron chi connectivity index (χ1n) is 7.63. The van der Waals surface area contributed by atoms with Crippen molar-refractivity contribution in [1.29, 1.82) is 0 Å². The van der Waals surface area contributed by atoms with E-state index in [1.165, 1.54) is 13.0 Å². The van der Waals surface area contributed by atoms with E-state index in [4.69, 9.17) is 4.42 Å². The van der Waals surface area contributed by atoms with Gasteiger partial charge in [-0.3, -0.25) is 9.59 Å². The van der Waals surface area contributed by atoms with Gasteiger partial charge in [0.05, 0.1) is 11.3 Å². The van der Waals surface area contributed by atoms with E-state index in [1.54, 1.807) is 30.3 Å². The van der Waals surface area contributed by atoms with Crippen LogP contribution in [0.4, 0.5) is 0 Å². The summed E-state index contributed by atoms with van der Waals surface area (Å²) >= 11 is 0. The third-order valence-corrected chi connectivity index (χ3v) is 4.05. The first-order chi connectivity index (χ1) is 11.9. The molecule has 0 bridgehead atoms. The van der Waals surface area contributed by atoms with Crippen molar-refractivity contribution < 1.29 is 54.1 Å². The molecule has 3 rings (SSSR count). The molecule has 1 heterocycles. The van der Waals surface area contributed by atoms with Crippen LogP contribution in [-0.4, -0.2) is 16.0 Å². The van der Waals surface area contributed by atoms with Gasteiger partial charge < -0.3 is 19.7 Å². The Bertz CT molecular complexity index is 1010. The Balaban J connectivity index is 0.00000243. The second-order valence-corrected chi connectivity index (χ2v) is 5.81. The first-order valence-corrected chi connectivity index (χ1v) is 7.63. The van der Waals surface area contributed by atoms with Gasteiger partial charge in [0, 0.05) is 23.5 Å². The van der Waals surface area contributed by atoms with E-state index in [1.807, 2.05) is 0 Å². The van der Waals surface area contributed by atoms with Gasteiger partial charge in [-0.25, -0.2) is 0 Å². The van der Waals surface area contributed by atoms with Crippen molar-refractivity contribution in [2.24, 2.45) is 0 Å². The molecule has 1 aromatic heterocycles. The van der Waals surface area contributed by atoms with Gasteiger partial charge in [0.25, 0.3) is 0 Å². The van der Waals surface area contributed by atoms with E-state index >= 15 is 0 Å². The molecule has 6 nitrogen and oxygen atoms in total. The number of phenolic OH excluding ortho intramolecular Hbond substituents is 2. The van der Waals surface area contributed by atoms with Crippen LogP contribution in [-0.2, 0) is 4.79 Å². The molecule has 1 unspecified atom stereocenters. The second kappa shape index (κ2) is 7.95. The molecule has 0 aliphatic rings. The average Bonchev–Trinajstić information content (AvgIpc) is 2.57. The minimum atomic E-state index is -0.863. The number of carbonyl (C=O) groups is 1. The molecule has 3 aromatic rings. The summed E-state index contributed by atoms with van der Waals surface area (Å²) in [6.45, 7) is 1.37. The monoisotopic (exact) mass is 362 g/mol. The molecule has 128 valence electrons. The van der Waals surface area contributed by atoms with Gasteiger partial charge in [-0.15, -0.1) is 0 Å². The van der Waals surface area contributed by atoms with Crippen molar-refractivity contribution in [3.05, 3.63) is 63.8 Å². The molecule has 7 heteroatoms. The van der Waals surface area contributed by atoms with Gasteiger partial charge in [0.2, 0.25) is 0 Å². The molecule has 0 radical (unpaired) electrons. The van der Waals surface area contributed by atoms with Crippen molar-refractivity contribution in [2.75, 3.05) is 0 Å². The van der Waals surface area contributed by atoms with Crippen LogP contribution in [0.25, 0.3) is 11.0 Å². The van der Waals surface area contributed by atoms with Crippen molar-refractivity contribution >= 4 is 16.8 Å². The van der Waals surface area contributed by atoms with E-state index < -0.39 is 28.8 Å². The number of hydrogen-bond acceptors (Lipinski definition) is 6. The van der Waals surface area contributed by atoms with E-state index in [0.717, 1.165) is 6.07 Å². The Kier molecular flexibility index (Phi) is 6.13. The third-order valence-electron chi connectivity index (χ3n) is 4.05. The Morgan fingerprint density at radius 2 is 1.81 bits per heavy atom. The summed E-state index contributed by atoms with van der Waals surface area (Å²) in [4.78, 5) is 24.6. The molecular formula is C19H15NaO6. The molecule has 0 saturated carbocycles. The van der Waals surface area contributed by atoms with Gasteiger partial charge >= 0.3 is 29.6 Å². The molecule has 2 N–H and O–H groups in total. The van der Waals surface area contributed by atoms with E-state index in [-0.39, 0.29) is 58.3 Å². The molecule has 0 aliphatic carbocycles. The number of phenols is 2. The summed E-state index contributed by atoms with van der Waals surface area (Å²) in [5.41, 5.74) is -0.505. The minimum Gasteiger partial charge on any atom is -0.578 e. The van der Waals surface area contributed by atoms with Crippen LogP contribution < -0.4 is 40.1 Å². The molecule has 0 saturated heterocycles. The number of hydrogen-bond donors (Lipinski definition) is 2. The number of Topliss-reactive ketones (excluding diaryl/α,β-unsaturated/α-hetero) is 1. The molecular weight excluding hydrogens is 347 g/mol. The molecule has 26 heavy (non-hydrogen) atoms. The summed E-state index contributed by atoms with van der Waals surface area (Å²) in [6.07, 6.45) is -0.0604. The number of aromatic hydroxyl groups is 2. The number of ketones is 1. The van der Waals surface area contributed by atoms with E-state index in [9.17, 15) is 24.9 Å². The zero-order chi connectivity index (χ0) is 18.1. The molecule has 0 spiro atoms. The molecule has 0 fully saturated rings. The Labute approximate surface area is 171 Å². The van der Waals surface area contributed by atoms with Gasteiger partial charge in [-0.1, -0.05) is 30.3 Å². The summed E-state index contributed by atoms with van der Waals surface area (Å²) in [5, 5.41) is 31.8. The molecule has 0 aliphatic heterocycles. The number of fused-ring (bicyclic) bond motifs is 1. The SMILES string of the molecule is CC(=O)CC(c1ccccc1)c1c([O-])oc2ccc(O)c(O)c2c1=O.[Na+]. The topological polar surface area (TPSA) is 111 Å². The van der Waals surface area contributed by atoms with Crippen LogP contribution in [0.15, 0.2) is 51.7 Å². The molecule has 2 aromatic carbocycles. The van der Waals surface area contributed by atoms with Crippen LogP contribution in [0, 0.1) is 0 Å². The fourth-order valence-corrected chi connectivity index (χ4v) is 2.91. The van der Waals surface area contributed by atoms with Gasteiger partial charge in [0.1, 0.15) is 5.78 Å². The second-order valence-electron chi connectivity index (χ2n) is 5.81. The maximum atomic E-state index is 12.9. The predicted octanol–water partition coefficient (Wildman–Crippen LogP) is -0.607. The first kappa shape index (κ1) is 20.0. The van der Waals surface area contributed by atoms with Crippen molar-refractivity contribution in [3.8, 4) is 17.4 Å². The normalized spacial score (nSPS) is 11.7. The van der Waals surface area contributed by atoms with Crippen LogP contribution in [0.5, 0.6) is 17.4 Å². The summed E-state index contributed by atoms with van der Waals surface area (Å²) < 4.78 is 5.16. The Morgan fingerprint density at radius 1 is 1.15 bits per heavy atom. The Morgan fingerprint density at radius 3 is 2.42 bits per heavy atom. The van der Waals surface area contributed by atoms with Crippen molar-refractivity contribution in [1.82, 2.24) is 0 Å². The summed E-state index contributed by atoms with van der Waals surface area (Å²) in [7, 11) is 0. The fraction of sp³-hybridized carbons (Fsp3) is 0.158. The number of carbonyl (C=O) groups excluding carboxylic acids is 1. The maximum Gasteiger partial charge on any atom is 1.00 e. The zero-order valence-electron chi connectivity index (χ0n) is 14.4. The zero-order valence-corrected chi connectivity index (χ0v) is 16.4. The third kappa shape index (κ3) is 3.62. The van der Waals surface area contributed by atoms with Crippen LogP contribution in [0.2, 0.25) is 0 Å². The van der Waals surface area contributed by atoms with Gasteiger partial charge in [-0.2, -0.15) is 0 Å². The molecule has 1 atom stereocenters. The standard InChI is InChI=1S/C19H16O6.Na/c1-10(20)9-12(11-5-3-2-4-6-11)15-18(23)16-14(25-19(15)24)8-7-13(21)17(16)22;/h2-8,12,21-22,24H,9H2,1H3;/q;+1/p-1. The summed E-state index contributed by atoms with van der Waals surface area (Å²) in [6, 6.07) is 11.0. The van der Waals surface area contributed by atoms with Crippen molar-refractivity contribution in [3.63, 3.8) is 0 Å². The van der Waals surface area contributed by atoms with E-state index in [0.29, 0.717) is 5.56 Å². The van der Waals surface area contributed by atoms with Crippen LogP contribution in [0.1, 0.15) is 30.4 Å². The minimum absolute atomic E-state index is 0. The largest absolute Gasteiger partial charge is 1.00 e. The van der Waals surface area contributed by atoms with Gasteiger partial charge in [-0.05, 0) is 24.6 Å². The Hall–Kier alpha value is -2.28. The van der Waals surface area contributed by atoms with Crippen LogP contribution >= 0.6 is 0 Å². The average molecular weight is 362 g/mol. The molecule has 0 amide bonds. The van der Waals surface area contributed by atoms with Crippen LogP contribution in [0.3, 0.4) is 0 Å². The predicted molar refractivity (Wildman–Crippen MR) is 88.8 cm³/mol. The van der Waals surface area contributed by atoms with E-state index in [2.05, 4.69) is 0 Å². The van der Waals surface area contributed by atoms with Gasteiger partial charge in [0.15, 0.2) is 16.9 Å². The number of rotatable bonds is 4. The van der Waals surface area contributed by atoms with Crippen molar-refractivity contribution in [2.45, 2.75) is 19.3 Å². The fourth-order valence-electron chi connectivity index (χ4n) is 2.91.